The molecule has 0 atom stereocenters. The van der Waals surface area contributed by atoms with Crippen LogP contribution in [-0.2, 0) is 23.2 Å². The van der Waals surface area contributed by atoms with E-state index >= 15 is 0 Å². The first-order chi connectivity index (χ1) is 14.4. The number of aromatic nitrogens is 1. The number of halogens is 1. The van der Waals surface area contributed by atoms with Crippen LogP contribution >= 0.6 is 22.9 Å². The van der Waals surface area contributed by atoms with Crippen molar-refractivity contribution in [1.29, 1.82) is 0 Å². The Hall–Kier alpha value is -1.07. The summed E-state index contributed by atoms with van der Waals surface area (Å²) in [6.45, 7) is 6.05. The van der Waals surface area contributed by atoms with Crippen molar-refractivity contribution in [2.24, 2.45) is 0 Å². The zero-order valence-corrected chi connectivity index (χ0v) is 19.6. The predicted molar refractivity (Wildman–Crippen MR) is 121 cm³/mol. The smallest absolute Gasteiger partial charge is 0.282 e. The fourth-order valence-electron chi connectivity index (χ4n) is 3.81. The van der Waals surface area contributed by atoms with E-state index in [0.717, 1.165) is 54.9 Å². The summed E-state index contributed by atoms with van der Waals surface area (Å²) in [5.41, 5.74) is 2.25. The van der Waals surface area contributed by atoms with E-state index in [2.05, 4.69) is 15.2 Å². The molecule has 10 heteroatoms. The van der Waals surface area contributed by atoms with Crippen LogP contribution in [0.2, 0.25) is 5.02 Å². The SMILES string of the molecule is CN1CCN(S(=O)(=O)N2CCN(Cc3csc(Cc4ccc(Cl)cc4)n3)CC2)CC1. The average molecular weight is 470 g/mol. The van der Waals surface area contributed by atoms with Gasteiger partial charge in [-0.3, -0.25) is 4.90 Å². The summed E-state index contributed by atoms with van der Waals surface area (Å²) in [5, 5.41) is 3.94. The van der Waals surface area contributed by atoms with Gasteiger partial charge in [0.15, 0.2) is 0 Å². The standard InChI is InChI=1S/C20H28ClN5O2S2/c1-23-6-10-25(11-7-23)30(27,28)26-12-8-24(9-13-26)15-19-16-29-20(22-19)14-17-2-4-18(21)5-3-17/h2-5,16H,6-15H2,1H3. The van der Waals surface area contributed by atoms with Gasteiger partial charge in [-0.15, -0.1) is 11.3 Å². The second-order valence-electron chi connectivity index (χ2n) is 7.92. The normalized spacial score (nSPS) is 20.6. The first-order valence-corrected chi connectivity index (χ1v) is 12.9. The molecule has 2 aliphatic heterocycles. The van der Waals surface area contributed by atoms with E-state index in [4.69, 9.17) is 16.6 Å². The first-order valence-electron chi connectivity index (χ1n) is 10.2. The van der Waals surface area contributed by atoms with E-state index in [1.54, 1.807) is 19.9 Å². The van der Waals surface area contributed by atoms with Crippen molar-refractivity contribution in [1.82, 2.24) is 23.4 Å². The Bertz CT molecular complexity index is 934. The second-order valence-corrected chi connectivity index (χ2v) is 11.2. The Balaban J connectivity index is 1.28. The van der Waals surface area contributed by atoms with Crippen molar-refractivity contribution in [3.63, 3.8) is 0 Å². The van der Waals surface area contributed by atoms with Crippen LogP contribution in [0.4, 0.5) is 0 Å². The van der Waals surface area contributed by atoms with Crippen LogP contribution in [0.3, 0.4) is 0 Å². The highest BCUT2D eigenvalue weighted by atomic mass is 35.5. The van der Waals surface area contributed by atoms with Gasteiger partial charge in [-0.2, -0.15) is 17.0 Å². The number of nitrogens with zero attached hydrogens (tertiary/aromatic N) is 5. The lowest BCUT2D eigenvalue weighted by atomic mass is 10.2. The van der Waals surface area contributed by atoms with Crippen LogP contribution in [0.5, 0.6) is 0 Å². The molecule has 0 spiro atoms. The van der Waals surface area contributed by atoms with Gasteiger partial charge in [0.2, 0.25) is 0 Å². The molecule has 2 aromatic rings. The van der Waals surface area contributed by atoms with Gasteiger partial charge in [-0.05, 0) is 24.7 Å². The second kappa shape index (κ2) is 9.60. The molecule has 2 saturated heterocycles. The van der Waals surface area contributed by atoms with E-state index in [1.165, 1.54) is 5.56 Å². The molecular weight excluding hydrogens is 442 g/mol. The summed E-state index contributed by atoms with van der Waals surface area (Å²) in [6.07, 6.45) is 0.804. The summed E-state index contributed by atoms with van der Waals surface area (Å²) in [7, 11) is -1.32. The van der Waals surface area contributed by atoms with Gasteiger partial charge in [-0.25, -0.2) is 4.98 Å². The molecule has 2 fully saturated rings. The minimum absolute atomic E-state index is 0.538. The van der Waals surface area contributed by atoms with Gasteiger partial charge < -0.3 is 4.90 Å². The fourth-order valence-corrected chi connectivity index (χ4v) is 6.33. The molecule has 164 valence electrons. The molecule has 2 aliphatic rings. The summed E-state index contributed by atoms with van der Waals surface area (Å²) in [4.78, 5) is 9.22. The lowest BCUT2D eigenvalue weighted by Gasteiger charge is -2.38. The van der Waals surface area contributed by atoms with E-state index in [9.17, 15) is 8.42 Å². The molecule has 0 aliphatic carbocycles. The Morgan fingerprint density at radius 3 is 2.20 bits per heavy atom. The Morgan fingerprint density at radius 2 is 1.57 bits per heavy atom. The van der Waals surface area contributed by atoms with Gasteiger partial charge in [0, 0.05) is 75.7 Å². The topological polar surface area (TPSA) is 60.0 Å². The Labute approximate surface area is 188 Å². The fraction of sp³-hybridized carbons (Fsp3) is 0.550. The molecule has 0 amide bonds. The Morgan fingerprint density at radius 1 is 0.967 bits per heavy atom. The van der Waals surface area contributed by atoms with Crippen molar-refractivity contribution in [3.05, 3.63) is 50.9 Å². The Kier molecular flexibility index (Phi) is 7.08. The molecule has 30 heavy (non-hydrogen) atoms. The maximum absolute atomic E-state index is 12.9. The number of hydrogen-bond donors (Lipinski definition) is 0. The minimum Gasteiger partial charge on any atom is -0.304 e. The molecular formula is C20H28ClN5O2S2. The summed E-state index contributed by atoms with van der Waals surface area (Å²) >= 11 is 7.62. The van der Waals surface area contributed by atoms with Crippen LogP contribution < -0.4 is 0 Å². The number of likely N-dealkylation sites (N-methyl/N-ethyl adjacent to an activating group) is 1. The molecule has 0 saturated carbocycles. The van der Waals surface area contributed by atoms with Crippen molar-refractivity contribution >= 4 is 33.1 Å². The molecule has 0 radical (unpaired) electrons. The van der Waals surface area contributed by atoms with Crippen molar-refractivity contribution in [2.75, 3.05) is 59.4 Å². The van der Waals surface area contributed by atoms with Crippen LogP contribution in [0.25, 0.3) is 0 Å². The van der Waals surface area contributed by atoms with Crippen LogP contribution in [-0.4, -0.2) is 91.2 Å². The van der Waals surface area contributed by atoms with E-state index in [0.29, 0.717) is 26.2 Å². The number of benzene rings is 1. The van der Waals surface area contributed by atoms with Crippen LogP contribution in [0, 0.1) is 0 Å². The summed E-state index contributed by atoms with van der Waals surface area (Å²) < 4.78 is 29.1. The third-order valence-corrected chi connectivity index (χ3v) is 8.88. The van der Waals surface area contributed by atoms with Crippen molar-refractivity contribution in [3.8, 4) is 0 Å². The highest BCUT2D eigenvalue weighted by molar-refractivity contribution is 7.86. The van der Waals surface area contributed by atoms with Gasteiger partial charge in [-0.1, -0.05) is 23.7 Å². The zero-order chi connectivity index (χ0) is 21.1. The highest BCUT2D eigenvalue weighted by Crippen LogP contribution is 2.19. The van der Waals surface area contributed by atoms with E-state index in [-0.39, 0.29) is 0 Å². The number of thiazole rings is 1. The average Bonchev–Trinajstić information content (AvgIpc) is 3.17. The molecule has 4 rings (SSSR count). The third kappa shape index (κ3) is 5.40. The van der Waals surface area contributed by atoms with E-state index < -0.39 is 10.2 Å². The molecule has 3 heterocycles. The molecule has 7 nitrogen and oxygen atoms in total. The lowest BCUT2D eigenvalue weighted by Crippen LogP contribution is -2.56. The van der Waals surface area contributed by atoms with Crippen molar-refractivity contribution < 1.29 is 8.42 Å². The quantitative estimate of drug-likeness (QED) is 0.647. The summed E-state index contributed by atoms with van der Waals surface area (Å²) in [6, 6.07) is 7.87. The predicted octanol–water partition coefficient (Wildman–Crippen LogP) is 2.00. The lowest BCUT2D eigenvalue weighted by molar-refractivity contribution is 0.164. The molecule has 0 unspecified atom stereocenters. The first kappa shape index (κ1) is 22.1. The maximum atomic E-state index is 12.9. The van der Waals surface area contributed by atoms with Gasteiger partial charge in [0.25, 0.3) is 10.2 Å². The largest absolute Gasteiger partial charge is 0.304 e. The van der Waals surface area contributed by atoms with Gasteiger partial charge in [0.05, 0.1) is 10.7 Å². The third-order valence-electron chi connectivity index (χ3n) is 5.70. The van der Waals surface area contributed by atoms with Gasteiger partial charge in [0.1, 0.15) is 0 Å². The molecule has 0 bridgehead atoms. The molecule has 1 aromatic carbocycles. The van der Waals surface area contributed by atoms with Gasteiger partial charge >= 0.3 is 0 Å². The minimum atomic E-state index is -3.35. The highest BCUT2D eigenvalue weighted by Gasteiger charge is 2.33. The van der Waals surface area contributed by atoms with Crippen LogP contribution in [0.1, 0.15) is 16.3 Å². The number of rotatable bonds is 6. The zero-order valence-electron chi connectivity index (χ0n) is 17.2. The molecule has 0 N–H and O–H groups in total. The van der Waals surface area contributed by atoms with Crippen LogP contribution in [0.15, 0.2) is 29.6 Å². The van der Waals surface area contributed by atoms with E-state index in [1.807, 2.05) is 31.3 Å². The monoisotopic (exact) mass is 469 g/mol. The maximum Gasteiger partial charge on any atom is 0.282 e. The number of hydrogen-bond acceptors (Lipinski definition) is 6. The number of piperazine rings is 2. The van der Waals surface area contributed by atoms with Crippen molar-refractivity contribution in [2.45, 2.75) is 13.0 Å². The molecule has 1 aromatic heterocycles. The summed E-state index contributed by atoms with van der Waals surface area (Å²) in [5.74, 6) is 0.